The Hall–Kier alpha value is -1.45. The fraction of sp³-hybridized carbons (Fsp3) is 0.308. The highest BCUT2D eigenvalue weighted by molar-refractivity contribution is 5.84. The van der Waals surface area contributed by atoms with Crippen LogP contribution in [0.1, 0.15) is 23.7 Å². The Morgan fingerprint density at radius 1 is 1.19 bits per heavy atom. The molecule has 3 nitrogen and oxygen atoms in total. The molecule has 82 valence electrons. The summed E-state index contributed by atoms with van der Waals surface area (Å²) < 4.78 is 0. The Kier molecular flexibility index (Phi) is 2.16. The molecule has 0 radical (unpaired) electrons. The van der Waals surface area contributed by atoms with Crippen LogP contribution in [0.25, 0.3) is 10.9 Å². The van der Waals surface area contributed by atoms with Crippen molar-refractivity contribution in [1.29, 1.82) is 0 Å². The minimum Gasteiger partial charge on any atom is -0.390 e. The van der Waals surface area contributed by atoms with Gasteiger partial charge < -0.3 is 10.2 Å². The van der Waals surface area contributed by atoms with Crippen molar-refractivity contribution >= 4 is 10.9 Å². The van der Waals surface area contributed by atoms with E-state index in [1.807, 2.05) is 24.3 Å². The van der Waals surface area contributed by atoms with E-state index in [4.69, 9.17) is 0 Å². The Bertz CT molecular complexity index is 538. The molecule has 0 spiro atoms. The number of pyridine rings is 1. The van der Waals surface area contributed by atoms with Crippen molar-refractivity contribution in [2.75, 3.05) is 0 Å². The minimum absolute atomic E-state index is 0.625. The number of benzene rings is 1. The lowest BCUT2D eigenvalue weighted by Crippen LogP contribution is -2.25. The van der Waals surface area contributed by atoms with Crippen LogP contribution in [0.4, 0.5) is 0 Å². The smallest absolute Gasteiger partial charge is 0.106 e. The Morgan fingerprint density at radius 3 is 2.94 bits per heavy atom. The highest BCUT2D eigenvalue weighted by atomic mass is 16.3. The lowest BCUT2D eigenvalue weighted by Gasteiger charge is -2.27. The van der Waals surface area contributed by atoms with E-state index in [1.165, 1.54) is 0 Å². The number of hydrogen-bond acceptors (Lipinski definition) is 3. The third-order valence-corrected chi connectivity index (χ3v) is 3.29. The van der Waals surface area contributed by atoms with E-state index < -0.39 is 12.2 Å². The number of fused-ring (bicyclic) bond motifs is 3. The van der Waals surface area contributed by atoms with Gasteiger partial charge in [-0.3, -0.25) is 4.98 Å². The third kappa shape index (κ3) is 1.32. The first-order chi connectivity index (χ1) is 7.77. The molecular formula is C13H13NO2. The van der Waals surface area contributed by atoms with E-state index in [0.29, 0.717) is 6.42 Å². The zero-order valence-electron chi connectivity index (χ0n) is 8.80. The first-order valence-corrected chi connectivity index (χ1v) is 5.50. The number of aliphatic hydroxyl groups excluding tert-OH is 2. The monoisotopic (exact) mass is 215 g/mol. The molecule has 3 heteroatoms. The number of rotatable bonds is 0. The van der Waals surface area contributed by atoms with Gasteiger partial charge in [-0.2, -0.15) is 0 Å². The molecule has 2 atom stereocenters. The predicted octanol–water partition coefficient (Wildman–Crippen LogP) is 1.58. The number of aliphatic hydroxyl groups is 2. The van der Waals surface area contributed by atoms with Crippen molar-refractivity contribution in [3.05, 3.63) is 41.6 Å². The van der Waals surface area contributed by atoms with Crippen LogP contribution < -0.4 is 0 Å². The van der Waals surface area contributed by atoms with E-state index in [1.54, 1.807) is 6.20 Å². The molecule has 1 aromatic carbocycles. The summed E-state index contributed by atoms with van der Waals surface area (Å²) in [6.07, 6.45) is 1.74. The number of nitrogens with zero attached hydrogens (tertiary/aromatic N) is 1. The van der Waals surface area contributed by atoms with Gasteiger partial charge in [0.1, 0.15) is 6.10 Å². The topological polar surface area (TPSA) is 53.4 Å². The van der Waals surface area contributed by atoms with Crippen LogP contribution in [0.5, 0.6) is 0 Å². The number of aromatic nitrogens is 1. The summed E-state index contributed by atoms with van der Waals surface area (Å²) in [6, 6.07) is 7.77. The molecule has 0 saturated heterocycles. The molecule has 1 aromatic heterocycles. The maximum absolute atomic E-state index is 10.1. The van der Waals surface area contributed by atoms with Gasteiger partial charge in [0.2, 0.25) is 0 Å². The normalized spacial score (nSPS) is 24.4. The fourth-order valence-electron chi connectivity index (χ4n) is 2.44. The van der Waals surface area contributed by atoms with Crippen LogP contribution in [-0.2, 0) is 6.42 Å². The van der Waals surface area contributed by atoms with Gasteiger partial charge in [-0.25, -0.2) is 0 Å². The molecule has 2 unspecified atom stereocenters. The van der Waals surface area contributed by atoms with Crippen LogP contribution in [0.15, 0.2) is 30.5 Å². The van der Waals surface area contributed by atoms with Gasteiger partial charge in [-0.15, -0.1) is 0 Å². The molecule has 0 saturated carbocycles. The average Bonchev–Trinajstić information content (AvgIpc) is 2.33. The molecule has 0 aliphatic heterocycles. The molecule has 16 heavy (non-hydrogen) atoms. The van der Waals surface area contributed by atoms with Crippen LogP contribution in [0, 0.1) is 0 Å². The minimum atomic E-state index is -0.781. The summed E-state index contributed by atoms with van der Waals surface area (Å²) in [5.41, 5.74) is 2.84. The third-order valence-electron chi connectivity index (χ3n) is 3.29. The zero-order chi connectivity index (χ0) is 11.1. The molecule has 0 bridgehead atoms. The number of hydrogen-bond donors (Lipinski definition) is 2. The second kappa shape index (κ2) is 3.54. The van der Waals surface area contributed by atoms with Gasteiger partial charge in [0.15, 0.2) is 0 Å². The molecule has 3 rings (SSSR count). The summed E-state index contributed by atoms with van der Waals surface area (Å²) in [7, 11) is 0. The van der Waals surface area contributed by atoms with E-state index in [-0.39, 0.29) is 0 Å². The van der Waals surface area contributed by atoms with E-state index >= 15 is 0 Å². The molecule has 1 aliphatic carbocycles. The van der Waals surface area contributed by atoms with Gasteiger partial charge in [0, 0.05) is 11.6 Å². The van der Waals surface area contributed by atoms with Gasteiger partial charge in [0.05, 0.1) is 11.6 Å². The predicted molar refractivity (Wildman–Crippen MR) is 61.0 cm³/mol. The molecule has 0 fully saturated rings. The van der Waals surface area contributed by atoms with Crippen LogP contribution in [0.2, 0.25) is 0 Å². The highest BCUT2D eigenvalue weighted by Crippen LogP contribution is 2.34. The van der Waals surface area contributed by atoms with E-state index in [9.17, 15) is 10.2 Å². The quantitative estimate of drug-likeness (QED) is 0.701. The molecule has 2 N–H and O–H groups in total. The standard InChI is InChI=1S/C13H13NO2/c15-11-6-4-8-3-5-10-9(2-1-7-14-10)12(8)13(11)16/h1-3,5,7,11,13,15-16H,4,6H2. The molecular weight excluding hydrogens is 202 g/mol. The lowest BCUT2D eigenvalue weighted by molar-refractivity contribution is 0.00746. The van der Waals surface area contributed by atoms with E-state index in [0.717, 1.165) is 28.5 Å². The van der Waals surface area contributed by atoms with Crippen molar-refractivity contribution in [3.8, 4) is 0 Å². The van der Waals surface area contributed by atoms with Crippen molar-refractivity contribution in [2.24, 2.45) is 0 Å². The van der Waals surface area contributed by atoms with E-state index in [2.05, 4.69) is 4.98 Å². The summed E-state index contributed by atoms with van der Waals surface area (Å²) >= 11 is 0. The van der Waals surface area contributed by atoms with Gasteiger partial charge >= 0.3 is 0 Å². The Morgan fingerprint density at radius 2 is 2.06 bits per heavy atom. The first kappa shape index (κ1) is 9.75. The summed E-state index contributed by atoms with van der Waals surface area (Å²) in [4.78, 5) is 4.26. The molecule has 1 heterocycles. The molecule has 0 amide bonds. The Labute approximate surface area is 93.4 Å². The SMILES string of the molecule is OC1CCc2ccc3ncccc3c2C1O. The second-order valence-corrected chi connectivity index (χ2v) is 4.26. The van der Waals surface area contributed by atoms with Gasteiger partial charge in [-0.1, -0.05) is 12.1 Å². The highest BCUT2D eigenvalue weighted by Gasteiger charge is 2.27. The second-order valence-electron chi connectivity index (χ2n) is 4.26. The van der Waals surface area contributed by atoms with Crippen molar-refractivity contribution in [2.45, 2.75) is 25.0 Å². The first-order valence-electron chi connectivity index (χ1n) is 5.50. The van der Waals surface area contributed by atoms with Gasteiger partial charge in [0.25, 0.3) is 0 Å². The van der Waals surface area contributed by atoms with Crippen LogP contribution >= 0.6 is 0 Å². The zero-order valence-corrected chi connectivity index (χ0v) is 8.80. The lowest BCUT2D eigenvalue weighted by atomic mass is 9.85. The Balaban J connectivity index is 2.32. The van der Waals surface area contributed by atoms with Crippen molar-refractivity contribution < 1.29 is 10.2 Å². The number of aryl methyl sites for hydroxylation is 1. The van der Waals surface area contributed by atoms with Gasteiger partial charge in [-0.05, 0) is 36.1 Å². The summed E-state index contributed by atoms with van der Waals surface area (Å²) in [6.45, 7) is 0. The van der Waals surface area contributed by atoms with Crippen LogP contribution in [0.3, 0.4) is 0 Å². The van der Waals surface area contributed by atoms with Crippen LogP contribution in [-0.4, -0.2) is 21.3 Å². The average molecular weight is 215 g/mol. The maximum atomic E-state index is 10.1. The molecule has 1 aliphatic rings. The van der Waals surface area contributed by atoms with Crippen molar-refractivity contribution in [1.82, 2.24) is 4.98 Å². The largest absolute Gasteiger partial charge is 0.390 e. The summed E-state index contributed by atoms with van der Waals surface area (Å²) in [5.74, 6) is 0. The maximum Gasteiger partial charge on any atom is 0.106 e. The summed E-state index contributed by atoms with van der Waals surface area (Å²) in [5, 5.41) is 20.7. The molecule has 2 aromatic rings. The van der Waals surface area contributed by atoms with Crippen molar-refractivity contribution in [3.63, 3.8) is 0 Å². The fourth-order valence-corrected chi connectivity index (χ4v) is 2.44.